The molecule has 0 heterocycles. The van der Waals surface area contributed by atoms with E-state index >= 15 is 0 Å². The first kappa shape index (κ1) is 22.7. The van der Waals surface area contributed by atoms with Crippen LogP contribution in [-0.4, -0.2) is 10.7 Å². The van der Waals surface area contributed by atoms with Crippen LogP contribution in [0.5, 0.6) is 0 Å². The molecule has 1 fully saturated rings. The Balaban J connectivity index is 0.000000251. The summed E-state index contributed by atoms with van der Waals surface area (Å²) in [5.74, 6) is 0.963. The molecular formula is C24H46O. The zero-order valence-corrected chi connectivity index (χ0v) is 18.9. The van der Waals surface area contributed by atoms with Gasteiger partial charge in [0.2, 0.25) is 0 Å². The Hall–Kier alpha value is -0.300. The fraction of sp³-hybridized carbons (Fsp3) is 0.917. The molecule has 0 bridgehead atoms. The van der Waals surface area contributed by atoms with Crippen molar-refractivity contribution in [2.24, 2.45) is 27.6 Å². The van der Waals surface area contributed by atoms with Crippen LogP contribution >= 0.6 is 0 Å². The molecule has 0 saturated heterocycles. The summed E-state index contributed by atoms with van der Waals surface area (Å²) in [6, 6.07) is 0. The smallest absolute Gasteiger partial charge is 0.0800 e. The van der Waals surface area contributed by atoms with Crippen LogP contribution in [-0.2, 0) is 0 Å². The van der Waals surface area contributed by atoms with E-state index in [4.69, 9.17) is 0 Å². The molecule has 1 heteroatoms. The van der Waals surface area contributed by atoms with Crippen molar-refractivity contribution >= 4 is 0 Å². The van der Waals surface area contributed by atoms with Crippen molar-refractivity contribution in [1.82, 2.24) is 0 Å². The van der Waals surface area contributed by atoms with Gasteiger partial charge in [0.1, 0.15) is 0 Å². The molecule has 0 radical (unpaired) electrons. The second kappa shape index (κ2) is 7.37. The lowest BCUT2D eigenvalue weighted by Crippen LogP contribution is -2.37. The second-order valence-corrected chi connectivity index (χ2v) is 12.2. The third-order valence-electron chi connectivity index (χ3n) is 7.24. The average molecular weight is 351 g/mol. The van der Waals surface area contributed by atoms with E-state index in [0.29, 0.717) is 10.8 Å². The van der Waals surface area contributed by atoms with Gasteiger partial charge < -0.3 is 5.11 Å². The fourth-order valence-corrected chi connectivity index (χ4v) is 3.93. The Labute approximate surface area is 158 Å². The van der Waals surface area contributed by atoms with E-state index in [2.05, 4.69) is 68.4 Å². The minimum atomic E-state index is -0.579. The standard InChI is InChI=1S/C12H22O.C12H24/c1-10(2,3)11(4)6-8-12(5,13)9-7-11;1-11(2,3)10-6-8-12(4,5)9-7-10/h6,8,13H,7,9H2,1-5H3;10H,6-9H2,1-5H3. The van der Waals surface area contributed by atoms with Crippen molar-refractivity contribution in [3.63, 3.8) is 0 Å². The topological polar surface area (TPSA) is 20.2 Å². The van der Waals surface area contributed by atoms with Crippen LogP contribution < -0.4 is 0 Å². The van der Waals surface area contributed by atoms with Crippen molar-refractivity contribution in [2.75, 3.05) is 0 Å². The van der Waals surface area contributed by atoms with Gasteiger partial charge in [-0.2, -0.15) is 0 Å². The second-order valence-electron chi connectivity index (χ2n) is 12.2. The highest BCUT2D eigenvalue weighted by molar-refractivity contribution is 5.13. The van der Waals surface area contributed by atoms with Gasteiger partial charge in [0.25, 0.3) is 0 Å². The van der Waals surface area contributed by atoms with Crippen LogP contribution in [0.2, 0.25) is 0 Å². The third-order valence-corrected chi connectivity index (χ3v) is 7.24. The van der Waals surface area contributed by atoms with Gasteiger partial charge in [-0.1, -0.05) is 74.5 Å². The van der Waals surface area contributed by atoms with Crippen LogP contribution in [0.4, 0.5) is 0 Å². The first-order chi connectivity index (χ1) is 11.0. The van der Waals surface area contributed by atoms with E-state index in [9.17, 15) is 5.11 Å². The number of aliphatic hydroxyl groups is 1. The Kier molecular flexibility index (Phi) is 6.71. The highest BCUT2D eigenvalue weighted by atomic mass is 16.3. The number of allylic oxidation sites excluding steroid dienone is 1. The first-order valence-corrected chi connectivity index (χ1v) is 10.4. The lowest BCUT2D eigenvalue weighted by atomic mass is 9.62. The zero-order valence-electron chi connectivity index (χ0n) is 18.9. The molecule has 2 aliphatic carbocycles. The van der Waals surface area contributed by atoms with E-state index in [0.717, 1.165) is 18.8 Å². The average Bonchev–Trinajstić information content (AvgIpc) is 2.40. The van der Waals surface area contributed by atoms with Crippen LogP contribution in [0.25, 0.3) is 0 Å². The van der Waals surface area contributed by atoms with Gasteiger partial charge in [-0.05, 0) is 73.0 Å². The summed E-state index contributed by atoms with van der Waals surface area (Å²) in [5.41, 5.74) is 1.10. The maximum absolute atomic E-state index is 9.79. The summed E-state index contributed by atoms with van der Waals surface area (Å²) >= 11 is 0. The van der Waals surface area contributed by atoms with E-state index in [-0.39, 0.29) is 10.8 Å². The zero-order chi connectivity index (χ0) is 19.7. The third kappa shape index (κ3) is 6.74. The Morgan fingerprint density at radius 1 is 0.760 bits per heavy atom. The first-order valence-electron chi connectivity index (χ1n) is 10.4. The summed E-state index contributed by atoms with van der Waals surface area (Å²) in [4.78, 5) is 0. The molecule has 2 aliphatic rings. The predicted octanol–water partition coefficient (Wildman–Crippen LogP) is 7.39. The van der Waals surface area contributed by atoms with Gasteiger partial charge in [-0.25, -0.2) is 0 Å². The molecule has 0 aromatic rings. The van der Waals surface area contributed by atoms with Crippen LogP contribution in [0, 0.1) is 27.6 Å². The minimum Gasteiger partial charge on any atom is -0.386 e. The molecule has 1 saturated carbocycles. The monoisotopic (exact) mass is 350 g/mol. The Morgan fingerprint density at radius 3 is 1.56 bits per heavy atom. The molecular weight excluding hydrogens is 304 g/mol. The summed E-state index contributed by atoms with van der Waals surface area (Å²) < 4.78 is 0. The van der Waals surface area contributed by atoms with Crippen molar-refractivity contribution < 1.29 is 5.11 Å². The summed E-state index contributed by atoms with van der Waals surface area (Å²) in [6.07, 6.45) is 11.8. The van der Waals surface area contributed by atoms with Crippen molar-refractivity contribution in [3.8, 4) is 0 Å². The lowest BCUT2D eigenvalue weighted by molar-refractivity contribution is 0.0476. The predicted molar refractivity (Wildman–Crippen MR) is 112 cm³/mol. The molecule has 2 unspecified atom stereocenters. The molecule has 0 aromatic heterocycles. The molecule has 0 aromatic carbocycles. The van der Waals surface area contributed by atoms with Crippen LogP contribution in [0.15, 0.2) is 12.2 Å². The van der Waals surface area contributed by atoms with Gasteiger partial charge in [0.05, 0.1) is 5.60 Å². The normalized spacial score (nSPS) is 33.6. The molecule has 1 N–H and O–H groups in total. The molecule has 25 heavy (non-hydrogen) atoms. The molecule has 2 atom stereocenters. The van der Waals surface area contributed by atoms with Gasteiger partial charge in [0, 0.05) is 0 Å². The van der Waals surface area contributed by atoms with Gasteiger partial charge >= 0.3 is 0 Å². The Morgan fingerprint density at radius 2 is 1.24 bits per heavy atom. The minimum absolute atomic E-state index is 0.231. The Bertz CT molecular complexity index is 445. The highest BCUT2D eigenvalue weighted by Crippen LogP contribution is 2.47. The number of hydrogen-bond acceptors (Lipinski definition) is 1. The maximum atomic E-state index is 9.79. The fourth-order valence-electron chi connectivity index (χ4n) is 3.93. The van der Waals surface area contributed by atoms with E-state index in [1.54, 1.807) is 0 Å². The van der Waals surface area contributed by atoms with Crippen molar-refractivity contribution in [2.45, 2.75) is 113 Å². The summed E-state index contributed by atoms with van der Waals surface area (Å²) in [6.45, 7) is 22.9. The van der Waals surface area contributed by atoms with Crippen molar-refractivity contribution in [3.05, 3.63) is 12.2 Å². The van der Waals surface area contributed by atoms with Crippen LogP contribution in [0.3, 0.4) is 0 Å². The molecule has 1 nitrogen and oxygen atoms in total. The molecule has 0 spiro atoms. The van der Waals surface area contributed by atoms with E-state index < -0.39 is 5.60 Å². The highest BCUT2D eigenvalue weighted by Gasteiger charge is 2.39. The molecule has 0 amide bonds. The van der Waals surface area contributed by atoms with E-state index in [1.807, 2.05) is 13.0 Å². The molecule has 2 rings (SSSR count). The largest absolute Gasteiger partial charge is 0.386 e. The molecule has 0 aliphatic heterocycles. The number of rotatable bonds is 0. The maximum Gasteiger partial charge on any atom is 0.0800 e. The van der Waals surface area contributed by atoms with Crippen molar-refractivity contribution in [1.29, 1.82) is 0 Å². The number of hydrogen-bond donors (Lipinski definition) is 1. The molecule has 148 valence electrons. The SMILES string of the molecule is CC1(C)CCC(C(C)(C)C)CC1.CC1(O)C=CC(C)(C(C)(C)C)CC1. The van der Waals surface area contributed by atoms with Gasteiger partial charge in [-0.3, -0.25) is 0 Å². The van der Waals surface area contributed by atoms with E-state index in [1.165, 1.54) is 25.7 Å². The van der Waals surface area contributed by atoms with Crippen LogP contribution in [0.1, 0.15) is 108 Å². The quantitative estimate of drug-likeness (QED) is 0.451. The lowest BCUT2D eigenvalue weighted by Gasteiger charge is -2.44. The summed E-state index contributed by atoms with van der Waals surface area (Å²) in [5, 5.41) is 9.79. The summed E-state index contributed by atoms with van der Waals surface area (Å²) in [7, 11) is 0. The van der Waals surface area contributed by atoms with Gasteiger partial charge in [0.15, 0.2) is 0 Å². The van der Waals surface area contributed by atoms with Gasteiger partial charge in [-0.15, -0.1) is 0 Å².